The number of hydrogen-bond acceptors (Lipinski definition) is 3. The fraction of sp³-hybridized carbons (Fsp3) is 0.133. The number of aromatic nitrogens is 1. The lowest BCUT2D eigenvalue weighted by Gasteiger charge is -2.13. The van der Waals surface area contributed by atoms with E-state index in [0.717, 1.165) is 16.0 Å². The van der Waals surface area contributed by atoms with Crippen LogP contribution in [0.25, 0.3) is 10.8 Å². The standard InChI is InChI=1S/C15H12FNOS/c16-13-6-5-12(10-3-1-2-4-11(10)13)14(18)9-15-17-7-8-19-15/h1-8,14,18H,9H2. The molecule has 0 fully saturated rings. The highest BCUT2D eigenvalue weighted by molar-refractivity contribution is 7.09. The van der Waals surface area contributed by atoms with E-state index in [-0.39, 0.29) is 5.82 Å². The maximum atomic E-state index is 13.7. The second-order valence-electron chi connectivity index (χ2n) is 4.33. The molecule has 2 aromatic carbocycles. The van der Waals surface area contributed by atoms with Crippen molar-refractivity contribution in [1.82, 2.24) is 4.98 Å². The first-order chi connectivity index (χ1) is 9.25. The van der Waals surface area contributed by atoms with Crippen molar-refractivity contribution in [1.29, 1.82) is 0 Å². The van der Waals surface area contributed by atoms with E-state index in [1.165, 1.54) is 17.4 Å². The third-order valence-electron chi connectivity index (χ3n) is 3.12. The van der Waals surface area contributed by atoms with Gasteiger partial charge in [-0.3, -0.25) is 0 Å². The summed E-state index contributed by atoms with van der Waals surface area (Å²) in [6, 6.07) is 10.3. The normalized spacial score (nSPS) is 12.7. The van der Waals surface area contributed by atoms with Gasteiger partial charge in [0.15, 0.2) is 0 Å². The van der Waals surface area contributed by atoms with Gasteiger partial charge in [-0.25, -0.2) is 9.37 Å². The van der Waals surface area contributed by atoms with E-state index in [1.807, 2.05) is 17.5 Å². The third kappa shape index (κ3) is 2.37. The van der Waals surface area contributed by atoms with Crippen LogP contribution in [0, 0.1) is 5.82 Å². The second kappa shape index (κ2) is 5.07. The molecular formula is C15H12FNOS. The zero-order valence-corrected chi connectivity index (χ0v) is 10.9. The summed E-state index contributed by atoms with van der Waals surface area (Å²) in [5.41, 5.74) is 0.743. The first kappa shape index (κ1) is 12.3. The average Bonchev–Trinajstić information content (AvgIpc) is 2.92. The van der Waals surface area contributed by atoms with E-state index in [2.05, 4.69) is 4.98 Å². The number of aliphatic hydroxyl groups is 1. The Labute approximate surface area is 114 Å². The fourth-order valence-corrected chi connectivity index (χ4v) is 2.86. The zero-order valence-electron chi connectivity index (χ0n) is 10.1. The van der Waals surface area contributed by atoms with Crippen LogP contribution in [0.1, 0.15) is 16.7 Å². The van der Waals surface area contributed by atoms with Crippen molar-refractivity contribution in [2.45, 2.75) is 12.5 Å². The van der Waals surface area contributed by atoms with Crippen LogP contribution in [-0.2, 0) is 6.42 Å². The molecule has 1 heterocycles. The van der Waals surface area contributed by atoms with Crippen LogP contribution in [0.2, 0.25) is 0 Å². The van der Waals surface area contributed by atoms with Gasteiger partial charge in [-0.15, -0.1) is 11.3 Å². The highest BCUT2D eigenvalue weighted by Gasteiger charge is 2.14. The molecule has 0 aliphatic rings. The van der Waals surface area contributed by atoms with Gasteiger partial charge < -0.3 is 5.11 Å². The van der Waals surface area contributed by atoms with Crippen LogP contribution < -0.4 is 0 Å². The molecule has 1 N–H and O–H groups in total. The molecule has 0 spiro atoms. The Morgan fingerprint density at radius 2 is 1.95 bits per heavy atom. The van der Waals surface area contributed by atoms with Crippen molar-refractivity contribution in [3.05, 3.63) is 64.4 Å². The largest absolute Gasteiger partial charge is 0.388 e. The Bertz CT molecular complexity index is 696. The molecule has 0 saturated carbocycles. The molecule has 3 rings (SSSR count). The monoisotopic (exact) mass is 273 g/mol. The predicted molar refractivity (Wildman–Crippen MR) is 74.7 cm³/mol. The molecular weight excluding hydrogens is 261 g/mol. The Kier molecular flexibility index (Phi) is 3.27. The fourth-order valence-electron chi connectivity index (χ4n) is 2.21. The summed E-state index contributed by atoms with van der Waals surface area (Å²) in [7, 11) is 0. The van der Waals surface area contributed by atoms with Crippen molar-refractivity contribution in [2.75, 3.05) is 0 Å². The molecule has 96 valence electrons. The van der Waals surface area contributed by atoms with Crippen molar-refractivity contribution in [3.63, 3.8) is 0 Å². The van der Waals surface area contributed by atoms with E-state index in [1.54, 1.807) is 24.4 Å². The van der Waals surface area contributed by atoms with Gasteiger partial charge >= 0.3 is 0 Å². The minimum atomic E-state index is -0.670. The molecule has 1 unspecified atom stereocenters. The lowest BCUT2D eigenvalue weighted by atomic mass is 9.98. The molecule has 0 aliphatic heterocycles. The molecule has 2 nitrogen and oxygen atoms in total. The van der Waals surface area contributed by atoms with Crippen LogP contribution in [0.15, 0.2) is 48.0 Å². The van der Waals surface area contributed by atoms with Crippen molar-refractivity contribution >= 4 is 22.1 Å². The summed E-state index contributed by atoms with van der Waals surface area (Å²) in [6.07, 6.45) is 1.50. The Balaban J connectivity index is 2.03. The summed E-state index contributed by atoms with van der Waals surface area (Å²) in [4.78, 5) is 4.16. The number of aliphatic hydroxyl groups excluding tert-OH is 1. The van der Waals surface area contributed by atoms with Crippen molar-refractivity contribution in [2.24, 2.45) is 0 Å². The van der Waals surface area contributed by atoms with Gasteiger partial charge in [0.2, 0.25) is 0 Å². The summed E-state index contributed by atoms with van der Waals surface area (Å²) < 4.78 is 13.7. The molecule has 0 saturated heterocycles. The van der Waals surface area contributed by atoms with Crippen LogP contribution in [-0.4, -0.2) is 10.1 Å². The van der Waals surface area contributed by atoms with Crippen molar-refractivity contribution < 1.29 is 9.50 Å². The minimum Gasteiger partial charge on any atom is -0.388 e. The Morgan fingerprint density at radius 1 is 1.16 bits per heavy atom. The van der Waals surface area contributed by atoms with Crippen LogP contribution in [0.5, 0.6) is 0 Å². The number of hydrogen-bond donors (Lipinski definition) is 1. The highest BCUT2D eigenvalue weighted by atomic mass is 32.1. The van der Waals surface area contributed by atoms with Crippen LogP contribution >= 0.6 is 11.3 Å². The summed E-state index contributed by atoms with van der Waals surface area (Å²) in [5, 5.41) is 14.4. The summed E-state index contributed by atoms with van der Waals surface area (Å²) >= 11 is 1.51. The molecule has 4 heteroatoms. The Hall–Kier alpha value is -1.78. The Morgan fingerprint density at radius 3 is 2.68 bits per heavy atom. The van der Waals surface area contributed by atoms with Crippen molar-refractivity contribution in [3.8, 4) is 0 Å². The maximum absolute atomic E-state index is 13.7. The van der Waals surface area contributed by atoms with E-state index in [9.17, 15) is 9.50 Å². The molecule has 3 aromatic rings. The average molecular weight is 273 g/mol. The number of halogens is 1. The number of nitrogens with zero attached hydrogens (tertiary/aromatic N) is 1. The topological polar surface area (TPSA) is 33.1 Å². The van der Waals surface area contributed by atoms with E-state index < -0.39 is 6.10 Å². The molecule has 1 atom stereocenters. The van der Waals surface area contributed by atoms with Gasteiger partial charge in [-0.1, -0.05) is 30.3 Å². The van der Waals surface area contributed by atoms with E-state index in [0.29, 0.717) is 11.8 Å². The zero-order chi connectivity index (χ0) is 13.2. The predicted octanol–water partition coefficient (Wildman–Crippen LogP) is 3.71. The van der Waals surface area contributed by atoms with Gasteiger partial charge in [0, 0.05) is 23.4 Å². The minimum absolute atomic E-state index is 0.263. The van der Waals surface area contributed by atoms with Gasteiger partial charge in [0.25, 0.3) is 0 Å². The van der Waals surface area contributed by atoms with E-state index >= 15 is 0 Å². The highest BCUT2D eigenvalue weighted by Crippen LogP contribution is 2.28. The second-order valence-corrected chi connectivity index (χ2v) is 5.31. The smallest absolute Gasteiger partial charge is 0.131 e. The first-order valence-corrected chi connectivity index (χ1v) is 6.87. The molecule has 0 aliphatic carbocycles. The lowest BCUT2D eigenvalue weighted by molar-refractivity contribution is 0.180. The SMILES string of the molecule is OC(Cc1nccs1)c1ccc(F)c2ccccc12. The number of fused-ring (bicyclic) bond motifs is 1. The first-order valence-electron chi connectivity index (χ1n) is 5.99. The van der Waals surface area contributed by atoms with Crippen LogP contribution in [0.3, 0.4) is 0 Å². The molecule has 0 bridgehead atoms. The lowest BCUT2D eigenvalue weighted by Crippen LogP contribution is -2.02. The number of thiazole rings is 1. The molecule has 0 radical (unpaired) electrons. The summed E-state index contributed by atoms with van der Waals surface area (Å²) in [6.45, 7) is 0. The van der Waals surface area contributed by atoms with Gasteiger partial charge in [-0.2, -0.15) is 0 Å². The summed E-state index contributed by atoms with van der Waals surface area (Å²) in [5.74, 6) is -0.263. The molecule has 0 amide bonds. The number of benzene rings is 2. The maximum Gasteiger partial charge on any atom is 0.131 e. The van der Waals surface area contributed by atoms with Gasteiger partial charge in [-0.05, 0) is 17.0 Å². The van der Waals surface area contributed by atoms with Gasteiger partial charge in [0.1, 0.15) is 5.82 Å². The van der Waals surface area contributed by atoms with Gasteiger partial charge in [0.05, 0.1) is 11.1 Å². The molecule has 1 aromatic heterocycles. The third-order valence-corrected chi connectivity index (χ3v) is 3.92. The van der Waals surface area contributed by atoms with Crippen LogP contribution in [0.4, 0.5) is 4.39 Å². The quantitative estimate of drug-likeness (QED) is 0.789. The molecule has 19 heavy (non-hydrogen) atoms. The van der Waals surface area contributed by atoms with E-state index in [4.69, 9.17) is 0 Å². The number of rotatable bonds is 3.